The van der Waals surface area contributed by atoms with E-state index >= 15 is 0 Å². The number of hydrogen-bond donors (Lipinski definition) is 7. The summed E-state index contributed by atoms with van der Waals surface area (Å²) in [5.74, 6) is -0.385. The van der Waals surface area contributed by atoms with Crippen LogP contribution >= 0.6 is 0 Å². The molecule has 2 aliphatic rings. The van der Waals surface area contributed by atoms with Gasteiger partial charge in [0.25, 0.3) is 0 Å². The number of carbonyl (C=O) groups is 1. The number of amides is 1. The summed E-state index contributed by atoms with van der Waals surface area (Å²) < 4.78 is 27.9. The lowest BCUT2D eigenvalue weighted by molar-refractivity contribution is -0.343. The van der Waals surface area contributed by atoms with E-state index in [0.717, 1.165) is 0 Å². The molecule has 2 saturated heterocycles. The number of fused-ring (bicyclic) bond motifs is 1. The zero-order valence-electron chi connectivity index (χ0n) is 20.5. The number of aryl methyl sites for hydroxylation is 1. The van der Waals surface area contributed by atoms with Crippen molar-refractivity contribution in [2.45, 2.75) is 75.2 Å². The van der Waals surface area contributed by atoms with E-state index in [4.69, 9.17) is 23.4 Å². The number of hydrogen-bond acceptors (Lipinski definition) is 13. The smallest absolute Gasteiger partial charge is 0.336 e. The number of aliphatic hydroxyl groups excluding tert-OH is 6. The van der Waals surface area contributed by atoms with Crippen molar-refractivity contribution in [3.05, 3.63) is 40.2 Å². The Hall–Kier alpha value is -2.66. The molecule has 210 valence electrons. The SMILES string of the molecule is CC(=O)N[C@H]1[C@H](Oc2ccc3c(C)cc(=O)oc3c2)O[C@H](CO)[C@@H](O[C@@H]2O[C@H](CO)[C@H](O)[C@H](O)[C@H]2O)[C@@H]1O. The molecule has 0 aliphatic carbocycles. The first-order valence-corrected chi connectivity index (χ1v) is 11.9. The van der Waals surface area contributed by atoms with Crippen LogP contribution in [-0.2, 0) is 19.0 Å². The van der Waals surface area contributed by atoms with Gasteiger partial charge in [0.2, 0.25) is 12.2 Å². The average Bonchev–Trinajstić information content (AvgIpc) is 2.87. The Morgan fingerprint density at radius 2 is 1.63 bits per heavy atom. The molecule has 1 aromatic carbocycles. The number of nitrogens with one attached hydrogen (secondary N) is 1. The van der Waals surface area contributed by atoms with Gasteiger partial charge in [-0.3, -0.25) is 4.79 Å². The first-order valence-electron chi connectivity index (χ1n) is 11.9. The normalized spacial score (nSPS) is 35.7. The number of aliphatic hydroxyl groups is 6. The van der Waals surface area contributed by atoms with Gasteiger partial charge >= 0.3 is 5.63 Å². The third kappa shape index (κ3) is 5.68. The lowest BCUT2D eigenvalue weighted by atomic mass is 9.95. The van der Waals surface area contributed by atoms with Gasteiger partial charge in [0.1, 0.15) is 60.1 Å². The van der Waals surface area contributed by atoms with Gasteiger partial charge in [0.05, 0.1) is 13.2 Å². The molecule has 14 nitrogen and oxygen atoms in total. The predicted octanol–water partition coefficient (Wildman–Crippen LogP) is -2.75. The molecular weight excluding hydrogens is 510 g/mol. The fourth-order valence-electron chi connectivity index (χ4n) is 4.57. The molecule has 2 aromatic rings. The summed E-state index contributed by atoms with van der Waals surface area (Å²) in [5.41, 5.74) is 0.375. The Bertz CT molecular complexity index is 1190. The summed E-state index contributed by atoms with van der Waals surface area (Å²) in [5, 5.41) is 64.1. The fourth-order valence-corrected chi connectivity index (χ4v) is 4.57. The molecule has 7 N–H and O–H groups in total. The van der Waals surface area contributed by atoms with Crippen LogP contribution in [-0.4, -0.2) is 111 Å². The first kappa shape index (κ1) is 28.4. The van der Waals surface area contributed by atoms with E-state index in [-0.39, 0.29) is 11.3 Å². The molecule has 3 heterocycles. The van der Waals surface area contributed by atoms with Crippen LogP contribution in [0.3, 0.4) is 0 Å². The van der Waals surface area contributed by atoms with Crippen molar-refractivity contribution < 1.29 is 58.8 Å². The van der Waals surface area contributed by atoms with Gasteiger partial charge in [-0.25, -0.2) is 4.79 Å². The molecule has 2 aliphatic heterocycles. The van der Waals surface area contributed by atoms with Gasteiger partial charge in [-0.1, -0.05) is 0 Å². The van der Waals surface area contributed by atoms with Crippen molar-refractivity contribution in [3.8, 4) is 5.75 Å². The van der Waals surface area contributed by atoms with Gasteiger partial charge < -0.3 is 59.3 Å². The summed E-state index contributed by atoms with van der Waals surface area (Å²) in [6.07, 6.45) is -13.7. The third-order valence-corrected chi connectivity index (χ3v) is 6.54. The second-order valence-electron chi connectivity index (χ2n) is 9.26. The minimum atomic E-state index is -1.77. The van der Waals surface area contributed by atoms with E-state index in [1.165, 1.54) is 19.1 Å². The van der Waals surface area contributed by atoms with Gasteiger partial charge in [0, 0.05) is 24.4 Å². The molecular formula is C24H31NO13. The highest BCUT2D eigenvalue weighted by Crippen LogP contribution is 2.31. The standard InChI is InChI=1S/C24H31NO13/c1-9-5-16(29)35-13-6-11(3-4-12(9)13)34-23-17(25-10(2)28)19(31)22(15(8-27)37-23)38-24-21(33)20(32)18(30)14(7-26)36-24/h3-6,14-15,17-24,26-27,30-33H,7-8H2,1-2H3,(H,25,28)/t14-,15-,17-,18+,19-,20+,21-,22-,23-,24+/m1/s1. The molecule has 10 atom stereocenters. The second kappa shape index (κ2) is 11.6. The minimum absolute atomic E-state index is 0.170. The van der Waals surface area contributed by atoms with E-state index < -0.39 is 86.1 Å². The number of rotatable bonds is 7. The van der Waals surface area contributed by atoms with Crippen molar-refractivity contribution in [3.63, 3.8) is 0 Å². The van der Waals surface area contributed by atoms with Crippen LogP contribution in [0.15, 0.2) is 33.5 Å². The number of ether oxygens (including phenoxy) is 4. The molecule has 0 saturated carbocycles. The van der Waals surface area contributed by atoms with Gasteiger partial charge in [-0.15, -0.1) is 0 Å². The molecule has 1 aromatic heterocycles. The largest absolute Gasteiger partial charge is 0.462 e. The molecule has 0 bridgehead atoms. The zero-order chi connectivity index (χ0) is 27.7. The van der Waals surface area contributed by atoms with Gasteiger partial charge in [-0.2, -0.15) is 0 Å². The van der Waals surface area contributed by atoms with Crippen LogP contribution < -0.4 is 15.7 Å². The van der Waals surface area contributed by atoms with Crippen LogP contribution in [0, 0.1) is 6.92 Å². The zero-order valence-corrected chi connectivity index (χ0v) is 20.5. The monoisotopic (exact) mass is 541 g/mol. The number of benzene rings is 1. The maximum atomic E-state index is 11.9. The predicted molar refractivity (Wildman–Crippen MR) is 126 cm³/mol. The second-order valence-corrected chi connectivity index (χ2v) is 9.26. The highest BCUT2D eigenvalue weighted by atomic mass is 16.7. The summed E-state index contributed by atoms with van der Waals surface area (Å²) in [6.45, 7) is 1.54. The molecule has 38 heavy (non-hydrogen) atoms. The van der Waals surface area contributed by atoms with E-state index in [1.54, 1.807) is 19.1 Å². The Balaban J connectivity index is 1.58. The fraction of sp³-hybridized carbons (Fsp3) is 0.583. The molecule has 2 fully saturated rings. The minimum Gasteiger partial charge on any atom is -0.462 e. The maximum Gasteiger partial charge on any atom is 0.336 e. The van der Waals surface area contributed by atoms with Crippen molar-refractivity contribution in [2.24, 2.45) is 0 Å². The summed E-state index contributed by atoms with van der Waals surface area (Å²) in [7, 11) is 0. The highest BCUT2D eigenvalue weighted by molar-refractivity contribution is 5.81. The van der Waals surface area contributed by atoms with Gasteiger partial charge in [-0.05, 0) is 24.6 Å². The first-order chi connectivity index (χ1) is 18.0. The summed E-state index contributed by atoms with van der Waals surface area (Å²) in [6, 6.07) is 4.75. The molecule has 1 amide bonds. The van der Waals surface area contributed by atoms with Crippen LogP contribution in [0.2, 0.25) is 0 Å². The van der Waals surface area contributed by atoms with E-state index in [9.17, 15) is 40.2 Å². The van der Waals surface area contributed by atoms with Crippen molar-refractivity contribution >= 4 is 16.9 Å². The van der Waals surface area contributed by atoms with Crippen LogP contribution in [0.4, 0.5) is 0 Å². The van der Waals surface area contributed by atoms with Crippen LogP contribution in [0.5, 0.6) is 5.75 Å². The molecule has 0 radical (unpaired) electrons. The molecule has 0 spiro atoms. The summed E-state index contributed by atoms with van der Waals surface area (Å²) in [4.78, 5) is 23.7. The highest BCUT2D eigenvalue weighted by Gasteiger charge is 2.51. The summed E-state index contributed by atoms with van der Waals surface area (Å²) >= 11 is 0. The maximum absolute atomic E-state index is 11.9. The lowest BCUT2D eigenvalue weighted by Gasteiger charge is -2.47. The van der Waals surface area contributed by atoms with Gasteiger partial charge in [0.15, 0.2) is 6.29 Å². The molecule has 0 unspecified atom stereocenters. The average molecular weight is 542 g/mol. The Morgan fingerprint density at radius 3 is 2.29 bits per heavy atom. The number of carbonyl (C=O) groups excluding carboxylic acids is 1. The Labute approximate surface area is 215 Å². The lowest BCUT2D eigenvalue weighted by Crippen LogP contribution is -2.68. The van der Waals surface area contributed by atoms with Crippen molar-refractivity contribution in [1.82, 2.24) is 5.32 Å². The molecule has 4 rings (SSSR count). The topological polar surface area (TPSA) is 218 Å². The van der Waals surface area contributed by atoms with Crippen molar-refractivity contribution in [1.29, 1.82) is 0 Å². The van der Waals surface area contributed by atoms with E-state index in [1.807, 2.05) is 0 Å². The quantitative estimate of drug-likeness (QED) is 0.177. The van der Waals surface area contributed by atoms with Crippen LogP contribution in [0.25, 0.3) is 11.0 Å². The Morgan fingerprint density at radius 1 is 0.947 bits per heavy atom. The van der Waals surface area contributed by atoms with Crippen LogP contribution in [0.1, 0.15) is 12.5 Å². The van der Waals surface area contributed by atoms with E-state index in [2.05, 4.69) is 5.32 Å². The molecule has 14 heteroatoms. The third-order valence-electron chi connectivity index (χ3n) is 6.54. The van der Waals surface area contributed by atoms with Crippen molar-refractivity contribution in [2.75, 3.05) is 13.2 Å². The van der Waals surface area contributed by atoms with E-state index in [0.29, 0.717) is 10.9 Å². The Kier molecular flexibility index (Phi) is 8.66.